The van der Waals surface area contributed by atoms with E-state index in [1.807, 2.05) is 42.7 Å². The van der Waals surface area contributed by atoms with Crippen molar-refractivity contribution in [2.45, 2.75) is 44.9 Å². The third kappa shape index (κ3) is 3.89. The monoisotopic (exact) mass is 455 g/mol. The zero-order valence-corrected chi connectivity index (χ0v) is 20.3. The molecule has 168 valence electrons. The van der Waals surface area contributed by atoms with Crippen LogP contribution in [0.15, 0.2) is 73.1 Å². The smallest absolute Gasteiger partial charge is 0.170 e. The molecule has 4 heterocycles. The molecule has 1 aromatic carbocycles. The molecule has 5 nitrogen and oxygen atoms in total. The summed E-state index contributed by atoms with van der Waals surface area (Å²) in [5, 5.41) is 4.27. The summed E-state index contributed by atoms with van der Waals surface area (Å²) in [7, 11) is 2.16. The third-order valence-corrected chi connectivity index (χ3v) is 7.19. The number of anilines is 1. The average molecular weight is 456 g/mol. The number of benzene rings is 1. The molecule has 2 aliphatic heterocycles. The predicted molar refractivity (Wildman–Crippen MR) is 138 cm³/mol. The lowest BCUT2D eigenvalue weighted by molar-refractivity contribution is 0.308. The molecule has 1 fully saturated rings. The molecule has 2 aromatic heterocycles. The molecule has 3 aromatic rings. The van der Waals surface area contributed by atoms with E-state index >= 15 is 0 Å². The zero-order valence-electron chi connectivity index (χ0n) is 19.5. The van der Waals surface area contributed by atoms with Crippen LogP contribution in [-0.2, 0) is 6.54 Å². The van der Waals surface area contributed by atoms with Crippen LogP contribution in [-0.4, -0.2) is 32.6 Å². The average Bonchev–Trinajstić information content (AvgIpc) is 3.14. The summed E-state index contributed by atoms with van der Waals surface area (Å²) in [6, 6.07) is 18.8. The number of fused-ring (bicyclic) bond motifs is 1. The summed E-state index contributed by atoms with van der Waals surface area (Å²) in [6.45, 7) is 7.34. The van der Waals surface area contributed by atoms with Gasteiger partial charge in [-0.15, -0.1) is 0 Å². The van der Waals surface area contributed by atoms with E-state index in [0.29, 0.717) is 6.54 Å². The minimum Gasteiger partial charge on any atom is -0.366 e. The molecule has 0 bridgehead atoms. The van der Waals surface area contributed by atoms with Crippen molar-refractivity contribution in [3.63, 3.8) is 0 Å². The maximum atomic E-state index is 5.83. The van der Waals surface area contributed by atoms with Gasteiger partial charge in [0.2, 0.25) is 0 Å². The molecule has 0 spiro atoms. The van der Waals surface area contributed by atoms with Crippen molar-refractivity contribution in [2.24, 2.45) is 0 Å². The van der Waals surface area contributed by atoms with Crippen LogP contribution in [0.3, 0.4) is 0 Å². The number of aromatic nitrogens is 2. The van der Waals surface area contributed by atoms with Gasteiger partial charge in [0.15, 0.2) is 5.11 Å². The Morgan fingerprint density at radius 2 is 1.79 bits per heavy atom. The van der Waals surface area contributed by atoms with E-state index in [1.165, 1.54) is 22.4 Å². The minimum absolute atomic E-state index is 0.00717. The molecule has 0 amide bonds. The predicted octanol–water partition coefficient (Wildman–Crippen LogP) is 5.28. The Balaban J connectivity index is 1.60. The van der Waals surface area contributed by atoms with Gasteiger partial charge in [0, 0.05) is 30.7 Å². The van der Waals surface area contributed by atoms with Crippen LogP contribution >= 0.6 is 12.2 Å². The lowest BCUT2D eigenvalue weighted by Crippen LogP contribution is -2.42. The number of hydrogen-bond acceptors (Lipinski definition) is 4. The Morgan fingerprint density at radius 1 is 1.03 bits per heavy atom. The van der Waals surface area contributed by atoms with Gasteiger partial charge < -0.3 is 15.1 Å². The summed E-state index contributed by atoms with van der Waals surface area (Å²) >= 11 is 5.83. The van der Waals surface area contributed by atoms with Crippen LogP contribution in [0.2, 0.25) is 0 Å². The van der Waals surface area contributed by atoms with Gasteiger partial charge in [-0.05, 0) is 80.5 Å². The van der Waals surface area contributed by atoms with Crippen molar-refractivity contribution < 1.29 is 0 Å². The van der Waals surface area contributed by atoms with Crippen LogP contribution in [0.4, 0.5) is 5.69 Å². The Labute approximate surface area is 201 Å². The third-order valence-electron chi connectivity index (χ3n) is 6.84. The second-order valence-electron chi connectivity index (χ2n) is 9.39. The number of hydrogen-bond donors (Lipinski definition) is 1. The Morgan fingerprint density at radius 3 is 2.48 bits per heavy atom. The summed E-state index contributed by atoms with van der Waals surface area (Å²) in [5.74, 6) is 0. The fourth-order valence-corrected chi connectivity index (χ4v) is 5.27. The first-order valence-corrected chi connectivity index (χ1v) is 11.7. The molecule has 0 saturated carbocycles. The number of nitrogens with one attached hydrogen (secondary N) is 1. The van der Waals surface area contributed by atoms with Crippen molar-refractivity contribution in [2.75, 3.05) is 11.9 Å². The number of allylic oxidation sites excluding steroid dienone is 1. The maximum Gasteiger partial charge on any atom is 0.170 e. The molecule has 1 saturated heterocycles. The second kappa shape index (κ2) is 8.27. The fourth-order valence-electron chi connectivity index (χ4n) is 4.97. The molecule has 33 heavy (non-hydrogen) atoms. The van der Waals surface area contributed by atoms with E-state index in [2.05, 4.69) is 83.2 Å². The summed E-state index contributed by atoms with van der Waals surface area (Å²) in [6.07, 6.45) is 6.02. The van der Waals surface area contributed by atoms with Gasteiger partial charge in [-0.25, -0.2) is 0 Å². The van der Waals surface area contributed by atoms with Gasteiger partial charge in [0.25, 0.3) is 0 Å². The molecular weight excluding hydrogens is 426 g/mol. The van der Waals surface area contributed by atoms with E-state index < -0.39 is 0 Å². The topological polar surface area (TPSA) is 44.3 Å². The Bertz CT molecular complexity index is 1210. The van der Waals surface area contributed by atoms with Crippen molar-refractivity contribution in [1.82, 2.24) is 20.2 Å². The van der Waals surface area contributed by atoms with E-state index in [0.717, 1.165) is 16.5 Å². The molecule has 1 N–H and O–H groups in total. The van der Waals surface area contributed by atoms with Crippen LogP contribution in [0.5, 0.6) is 0 Å². The van der Waals surface area contributed by atoms with Gasteiger partial charge in [0.1, 0.15) is 0 Å². The van der Waals surface area contributed by atoms with Crippen molar-refractivity contribution in [3.8, 4) is 0 Å². The Kier molecular flexibility index (Phi) is 5.41. The molecule has 0 unspecified atom stereocenters. The van der Waals surface area contributed by atoms with E-state index in [9.17, 15) is 0 Å². The fraction of sp³-hybridized carbons (Fsp3) is 0.296. The van der Waals surface area contributed by atoms with Crippen molar-refractivity contribution in [1.29, 1.82) is 0 Å². The van der Waals surface area contributed by atoms with Crippen LogP contribution in [0.25, 0.3) is 5.57 Å². The van der Waals surface area contributed by atoms with Gasteiger partial charge in [-0.1, -0.05) is 24.3 Å². The molecule has 2 aliphatic rings. The number of rotatable bonds is 4. The molecule has 2 atom stereocenters. The lowest BCUT2D eigenvalue weighted by atomic mass is 9.86. The van der Waals surface area contributed by atoms with Gasteiger partial charge >= 0.3 is 0 Å². The first-order chi connectivity index (χ1) is 15.8. The summed E-state index contributed by atoms with van der Waals surface area (Å²) in [4.78, 5) is 13.8. The highest BCUT2D eigenvalue weighted by Gasteiger charge is 2.40. The van der Waals surface area contributed by atoms with Crippen LogP contribution < -0.4 is 10.2 Å². The van der Waals surface area contributed by atoms with Crippen molar-refractivity contribution >= 4 is 28.6 Å². The molecule has 0 radical (unpaired) electrons. The van der Waals surface area contributed by atoms with Crippen molar-refractivity contribution in [3.05, 3.63) is 95.6 Å². The minimum atomic E-state index is -0.0393. The highest BCUT2D eigenvalue weighted by atomic mass is 32.1. The standard InChI is InChI=1S/C27H29N5S/c1-18-16-27(2,3)31(4)23-12-11-19(15-21(18)23)25-24(22-10-6-8-14-29-22)30-26(33)32(25)17-20-9-5-7-13-28-20/h5-16,24-25H,17H2,1-4H3,(H,30,33)/t24-,25+/m0/s1. The highest BCUT2D eigenvalue weighted by molar-refractivity contribution is 7.80. The summed E-state index contributed by atoms with van der Waals surface area (Å²) < 4.78 is 0. The number of thiocarbonyl (C=S) groups is 1. The second-order valence-corrected chi connectivity index (χ2v) is 9.78. The van der Waals surface area contributed by atoms with Gasteiger partial charge in [-0.2, -0.15) is 0 Å². The maximum absolute atomic E-state index is 5.83. The largest absolute Gasteiger partial charge is 0.366 e. The number of likely N-dealkylation sites (N-methyl/N-ethyl adjacent to an activating group) is 1. The van der Waals surface area contributed by atoms with Gasteiger partial charge in [-0.3, -0.25) is 9.97 Å². The Hall–Kier alpha value is -3.25. The zero-order chi connectivity index (χ0) is 23.2. The van der Waals surface area contributed by atoms with E-state index in [-0.39, 0.29) is 17.6 Å². The SMILES string of the molecule is CC1=CC(C)(C)N(C)c2ccc([C@@H]3[C@H](c4ccccn4)NC(=S)N3Cc3ccccn3)cc21. The normalized spacial score (nSPS) is 21.5. The van der Waals surface area contributed by atoms with Gasteiger partial charge in [0.05, 0.1) is 35.6 Å². The highest BCUT2D eigenvalue weighted by Crippen LogP contribution is 2.43. The molecule has 5 rings (SSSR count). The summed E-state index contributed by atoms with van der Waals surface area (Å²) in [5.41, 5.74) is 6.99. The van der Waals surface area contributed by atoms with Crippen LogP contribution in [0.1, 0.15) is 55.4 Å². The first-order valence-electron chi connectivity index (χ1n) is 11.3. The molecule has 0 aliphatic carbocycles. The van der Waals surface area contributed by atoms with E-state index in [4.69, 9.17) is 12.2 Å². The first kappa shape index (κ1) is 21.6. The number of nitrogens with zero attached hydrogens (tertiary/aromatic N) is 4. The lowest BCUT2D eigenvalue weighted by Gasteiger charge is -2.41. The van der Waals surface area contributed by atoms with E-state index in [1.54, 1.807) is 0 Å². The number of pyridine rings is 2. The molecule has 6 heteroatoms. The van der Waals surface area contributed by atoms with Crippen LogP contribution in [0, 0.1) is 0 Å². The molecular formula is C27H29N5S. The quantitative estimate of drug-likeness (QED) is 0.540.